The van der Waals surface area contributed by atoms with Crippen molar-refractivity contribution in [3.8, 4) is 0 Å². The maximum absolute atomic E-state index is 10.6. The molecule has 0 saturated carbocycles. The fourth-order valence-corrected chi connectivity index (χ4v) is 0.987. The Labute approximate surface area is 54.2 Å². The molecule has 1 fully saturated rings. The van der Waals surface area contributed by atoms with Crippen molar-refractivity contribution in [2.45, 2.75) is 19.8 Å². The summed E-state index contributed by atoms with van der Waals surface area (Å²) in [4.78, 5) is 10.6. The first-order valence-corrected chi connectivity index (χ1v) is 3.19. The summed E-state index contributed by atoms with van der Waals surface area (Å²) in [5, 5.41) is 9.65. The second-order valence-corrected chi connectivity index (χ2v) is 2.62. The Hall–Kier alpha value is -0.570. The molecule has 1 aliphatic heterocycles. The Kier molecular flexibility index (Phi) is 1.71. The first-order valence-electron chi connectivity index (χ1n) is 3.19. The lowest BCUT2D eigenvalue weighted by Crippen LogP contribution is -2.36. The van der Waals surface area contributed by atoms with Crippen LogP contribution in [0, 0.1) is 5.92 Å². The summed E-state index contributed by atoms with van der Waals surface area (Å²) in [6.07, 6.45) is 1.41. The van der Waals surface area contributed by atoms with Crippen LogP contribution in [0.2, 0.25) is 0 Å². The molecule has 1 amide bonds. The lowest BCUT2D eigenvalue weighted by Gasteiger charge is -2.24. The lowest BCUT2D eigenvalue weighted by atomic mass is 10.0. The van der Waals surface area contributed by atoms with Crippen LogP contribution < -0.4 is 0 Å². The van der Waals surface area contributed by atoms with Gasteiger partial charge in [-0.1, -0.05) is 6.92 Å². The summed E-state index contributed by atoms with van der Waals surface area (Å²) in [5.41, 5.74) is 0. The summed E-state index contributed by atoms with van der Waals surface area (Å²) >= 11 is 0. The monoisotopic (exact) mass is 129 g/mol. The minimum Gasteiger partial charge on any atom is -0.286 e. The van der Waals surface area contributed by atoms with E-state index in [-0.39, 0.29) is 5.91 Å². The molecule has 0 bridgehead atoms. The van der Waals surface area contributed by atoms with E-state index in [4.69, 9.17) is 5.21 Å². The van der Waals surface area contributed by atoms with Crippen LogP contribution in [0.15, 0.2) is 0 Å². The average molecular weight is 129 g/mol. The molecule has 52 valence electrons. The van der Waals surface area contributed by atoms with Crippen LogP contribution in [-0.2, 0) is 4.79 Å². The van der Waals surface area contributed by atoms with E-state index in [9.17, 15) is 4.79 Å². The van der Waals surface area contributed by atoms with Crippen molar-refractivity contribution in [2.24, 2.45) is 5.92 Å². The summed E-state index contributed by atoms with van der Waals surface area (Å²) in [7, 11) is 0. The van der Waals surface area contributed by atoms with Crippen LogP contribution >= 0.6 is 0 Å². The van der Waals surface area contributed by atoms with Gasteiger partial charge in [0.25, 0.3) is 0 Å². The van der Waals surface area contributed by atoms with Gasteiger partial charge in [0.2, 0.25) is 5.91 Å². The van der Waals surface area contributed by atoms with E-state index in [0.717, 1.165) is 11.5 Å². The van der Waals surface area contributed by atoms with E-state index in [0.29, 0.717) is 18.9 Å². The highest BCUT2D eigenvalue weighted by Crippen LogP contribution is 2.14. The average Bonchev–Trinajstić information content (AvgIpc) is 1.80. The van der Waals surface area contributed by atoms with Crippen molar-refractivity contribution in [1.29, 1.82) is 0 Å². The lowest BCUT2D eigenvalue weighted by molar-refractivity contribution is -0.173. The van der Waals surface area contributed by atoms with Crippen molar-refractivity contribution in [1.82, 2.24) is 5.06 Å². The molecule has 1 heterocycles. The number of piperidine rings is 1. The molecule has 0 aromatic rings. The Balaban J connectivity index is 2.44. The summed E-state index contributed by atoms with van der Waals surface area (Å²) in [6, 6.07) is 0. The van der Waals surface area contributed by atoms with Gasteiger partial charge in [0, 0.05) is 6.42 Å². The largest absolute Gasteiger partial charge is 0.286 e. The van der Waals surface area contributed by atoms with E-state index in [1.165, 1.54) is 0 Å². The first-order chi connectivity index (χ1) is 4.20. The fraction of sp³-hybridized carbons (Fsp3) is 0.833. The molecular weight excluding hydrogens is 118 g/mol. The van der Waals surface area contributed by atoms with E-state index in [2.05, 4.69) is 0 Å². The Morgan fingerprint density at radius 1 is 1.78 bits per heavy atom. The molecule has 0 aromatic carbocycles. The maximum atomic E-state index is 10.6. The zero-order valence-electron chi connectivity index (χ0n) is 5.50. The molecule has 1 N–H and O–H groups in total. The number of carbonyl (C=O) groups is 1. The third kappa shape index (κ3) is 1.42. The van der Waals surface area contributed by atoms with Crippen molar-refractivity contribution in [2.75, 3.05) is 6.54 Å². The molecule has 1 unspecified atom stereocenters. The number of amides is 1. The topological polar surface area (TPSA) is 40.5 Å². The second kappa shape index (κ2) is 2.35. The number of nitrogens with zero attached hydrogens (tertiary/aromatic N) is 1. The number of hydrogen-bond donors (Lipinski definition) is 1. The van der Waals surface area contributed by atoms with Gasteiger partial charge in [-0.25, -0.2) is 5.06 Å². The van der Waals surface area contributed by atoms with E-state index in [1.807, 2.05) is 6.92 Å². The number of hydrogen-bond acceptors (Lipinski definition) is 2. The maximum Gasteiger partial charge on any atom is 0.245 e. The predicted octanol–water partition coefficient (Wildman–Crippen LogP) is 0.634. The van der Waals surface area contributed by atoms with Crippen LogP contribution in [-0.4, -0.2) is 22.7 Å². The van der Waals surface area contributed by atoms with Gasteiger partial charge < -0.3 is 0 Å². The molecule has 3 nitrogen and oxygen atoms in total. The van der Waals surface area contributed by atoms with Gasteiger partial charge in [0.05, 0.1) is 6.54 Å². The van der Waals surface area contributed by atoms with Gasteiger partial charge in [-0.05, 0) is 12.3 Å². The quantitative estimate of drug-likeness (QED) is 0.487. The second-order valence-electron chi connectivity index (χ2n) is 2.62. The predicted molar refractivity (Wildman–Crippen MR) is 31.9 cm³/mol. The standard InChI is InChI=1S/C6H11NO2/c1-5-2-3-6(8)7(9)4-5/h5,9H,2-4H2,1H3. The normalized spacial score (nSPS) is 28.9. The molecule has 0 spiro atoms. The highest BCUT2D eigenvalue weighted by atomic mass is 16.5. The van der Waals surface area contributed by atoms with Gasteiger partial charge in [0.1, 0.15) is 0 Å². The first kappa shape index (κ1) is 6.55. The number of carbonyl (C=O) groups excluding carboxylic acids is 1. The zero-order chi connectivity index (χ0) is 6.85. The molecule has 3 heteroatoms. The summed E-state index contributed by atoms with van der Waals surface area (Å²) < 4.78 is 0. The highest BCUT2D eigenvalue weighted by Gasteiger charge is 2.20. The van der Waals surface area contributed by atoms with Crippen molar-refractivity contribution < 1.29 is 10.0 Å². The molecule has 0 aromatic heterocycles. The molecule has 9 heavy (non-hydrogen) atoms. The van der Waals surface area contributed by atoms with Crippen molar-refractivity contribution in [3.63, 3.8) is 0 Å². The molecule has 0 aliphatic carbocycles. The van der Waals surface area contributed by atoms with Crippen LogP contribution in [0.3, 0.4) is 0 Å². The van der Waals surface area contributed by atoms with E-state index in [1.54, 1.807) is 0 Å². The summed E-state index contributed by atoms with van der Waals surface area (Å²) in [6.45, 7) is 2.52. The van der Waals surface area contributed by atoms with Gasteiger partial charge in [0.15, 0.2) is 0 Å². The van der Waals surface area contributed by atoms with Crippen LogP contribution in [0.25, 0.3) is 0 Å². The Morgan fingerprint density at radius 3 is 2.89 bits per heavy atom. The molecular formula is C6H11NO2. The minimum absolute atomic E-state index is 0.145. The SMILES string of the molecule is CC1CCC(=O)N(O)C1. The molecule has 1 atom stereocenters. The highest BCUT2D eigenvalue weighted by molar-refractivity contribution is 5.75. The molecule has 0 radical (unpaired) electrons. The molecule has 1 aliphatic rings. The number of rotatable bonds is 0. The zero-order valence-corrected chi connectivity index (χ0v) is 5.50. The Bertz CT molecular complexity index is 124. The smallest absolute Gasteiger partial charge is 0.245 e. The van der Waals surface area contributed by atoms with Gasteiger partial charge in [-0.2, -0.15) is 0 Å². The van der Waals surface area contributed by atoms with Crippen LogP contribution in [0.4, 0.5) is 0 Å². The van der Waals surface area contributed by atoms with Crippen LogP contribution in [0.5, 0.6) is 0 Å². The van der Waals surface area contributed by atoms with E-state index < -0.39 is 0 Å². The number of hydroxylamine groups is 2. The minimum atomic E-state index is -0.145. The Morgan fingerprint density at radius 2 is 2.44 bits per heavy atom. The van der Waals surface area contributed by atoms with Crippen molar-refractivity contribution >= 4 is 5.91 Å². The molecule has 1 saturated heterocycles. The van der Waals surface area contributed by atoms with Crippen LogP contribution in [0.1, 0.15) is 19.8 Å². The van der Waals surface area contributed by atoms with E-state index >= 15 is 0 Å². The van der Waals surface area contributed by atoms with Gasteiger partial charge in [-0.15, -0.1) is 0 Å². The third-order valence-corrected chi connectivity index (χ3v) is 1.62. The van der Waals surface area contributed by atoms with Gasteiger partial charge in [-0.3, -0.25) is 10.0 Å². The van der Waals surface area contributed by atoms with Gasteiger partial charge >= 0.3 is 0 Å². The summed E-state index contributed by atoms with van der Waals surface area (Å²) in [5.74, 6) is 0.306. The third-order valence-electron chi connectivity index (χ3n) is 1.62. The molecule has 1 rings (SSSR count). The van der Waals surface area contributed by atoms with Crippen molar-refractivity contribution in [3.05, 3.63) is 0 Å². The fourth-order valence-electron chi connectivity index (χ4n) is 0.987.